The zero-order valence-electron chi connectivity index (χ0n) is 10.8. The van der Waals surface area contributed by atoms with E-state index < -0.39 is 9.84 Å². The fourth-order valence-corrected chi connectivity index (χ4v) is 1.92. The normalized spacial score (nSPS) is 11.5. The second-order valence-corrected chi connectivity index (χ2v) is 6.31. The number of hydrogen-bond donors (Lipinski definition) is 1. The lowest BCUT2D eigenvalue weighted by Crippen LogP contribution is -2.26. The van der Waals surface area contributed by atoms with Crippen molar-refractivity contribution in [3.63, 3.8) is 0 Å². The minimum atomic E-state index is -3.00. The maximum absolute atomic E-state index is 11.1. The van der Waals surface area contributed by atoms with Gasteiger partial charge >= 0.3 is 0 Å². The summed E-state index contributed by atoms with van der Waals surface area (Å²) in [5, 5.41) is 0. The Bertz CT molecular complexity index is 504. The molecule has 0 aromatic carbocycles. The molecule has 0 radical (unpaired) electrons. The summed E-state index contributed by atoms with van der Waals surface area (Å²) in [5.74, 6) is 1.45. The van der Waals surface area contributed by atoms with Crippen molar-refractivity contribution in [1.29, 1.82) is 0 Å². The third kappa shape index (κ3) is 4.84. The molecule has 2 N–H and O–H groups in total. The summed E-state index contributed by atoms with van der Waals surface area (Å²) in [7, 11) is 0.296. The van der Waals surface area contributed by atoms with Crippen LogP contribution < -0.4 is 10.6 Å². The molecule has 0 aliphatic rings. The summed E-state index contributed by atoms with van der Waals surface area (Å²) in [4.78, 5) is 9.97. The average Bonchev–Trinajstić information content (AvgIpc) is 2.24. The van der Waals surface area contributed by atoms with Crippen LogP contribution in [0.4, 0.5) is 11.6 Å². The molecule has 1 rings (SSSR count). The van der Waals surface area contributed by atoms with Crippen molar-refractivity contribution in [3.05, 3.63) is 11.9 Å². The Morgan fingerprint density at radius 2 is 2.11 bits per heavy atom. The van der Waals surface area contributed by atoms with Crippen LogP contribution in [0.1, 0.15) is 5.82 Å². The number of ether oxygens (including phenoxy) is 1. The molecule has 1 aromatic heterocycles. The third-order valence-corrected chi connectivity index (χ3v) is 3.16. The van der Waals surface area contributed by atoms with Crippen LogP contribution in [-0.2, 0) is 21.2 Å². The van der Waals surface area contributed by atoms with E-state index in [0.29, 0.717) is 24.0 Å². The molecule has 0 saturated carbocycles. The summed E-state index contributed by atoms with van der Waals surface area (Å²) in [6.45, 7) is 0.611. The Morgan fingerprint density at radius 1 is 1.44 bits per heavy atom. The molecule has 0 aliphatic carbocycles. The molecule has 1 aromatic rings. The summed E-state index contributed by atoms with van der Waals surface area (Å²) >= 11 is 0. The Labute approximate surface area is 107 Å². The Hall–Kier alpha value is -1.41. The minimum absolute atomic E-state index is 0.0625. The largest absolute Gasteiger partial charge is 0.384 e. The van der Waals surface area contributed by atoms with Crippen LogP contribution in [0.5, 0.6) is 0 Å². The lowest BCUT2D eigenvalue weighted by molar-refractivity contribution is 0.178. The first kappa shape index (κ1) is 14.7. The van der Waals surface area contributed by atoms with Gasteiger partial charge in [-0.15, -0.1) is 0 Å². The lowest BCUT2D eigenvalue weighted by atomic mass is 10.4. The van der Waals surface area contributed by atoms with Gasteiger partial charge in [0.2, 0.25) is 0 Å². The number of nitrogens with two attached hydrogens (primary N) is 1. The van der Waals surface area contributed by atoms with E-state index >= 15 is 0 Å². The van der Waals surface area contributed by atoms with Gasteiger partial charge in [-0.05, 0) is 0 Å². The zero-order valence-corrected chi connectivity index (χ0v) is 11.6. The molecule has 0 spiro atoms. The maximum Gasteiger partial charge on any atom is 0.158 e. The number of nitrogen functional groups attached to an aromatic ring is 1. The van der Waals surface area contributed by atoms with E-state index in [1.807, 2.05) is 0 Å². The summed E-state index contributed by atoms with van der Waals surface area (Å²) < 4.78 is 27.1. The summed E-state index contributed by atoms with van der Waals surface area (Å²) in [5.41, 5.74) is 5.66. The Kier molecular flexibility index (Phi) is 4.85. The first-order valence-electron chi connectivity index (χ1n) is 5.33. The molecule has 0 amide bonds. The second-order valence-electron chi connectivity index (χ2n) is 4.05. The van der Waals surface area contributed by atoms with Crippen LogP contribution in [0.3, 0.4) is 0 Å². The van der Waals surface area contributed by atoms with Gasteiger partial charge in [-0.1, -0.05) is 0 Å². The number of methoxy groups -OCH3 is 1. The van der Waals surface area contributed by atoms with Gasteiger partial charge in [0.15, 0.2) is 5.82 Å². The first-order valence-corrected chi connectivity index (χ1v) is 7.39. The number of hydrogen-bond acceptors (Lipinski definition) is 7. The highest BCUT2D eigenvalue weighted by Crippen LogP contribution is 2.13. The molecule has 8 heteroatoms. The zero-order chi connectivity index (χ0) is 13.8. The molecular weight excluding hydrogens is 256 g/mol. The van der Waals surface area contributed by atoms with Crippen molar-refractivity contribution >= 4 is 21.5 Å². The predicted octanol–water partition coefficient (Wildman–Crippen LogP) is -0.314. The monoisotopic (exact) mass is 274 g/mol. The fourth-order valence-electron chi connectivity index (χ4n) is 1.31. The van der Waals surface area contributed by atoms with Crippen LogP contribution in [0.15, 0.2) is 6.07 Å². The van der Waals surface area contributed by atoms with E-state index in [0.717, 1.165) is 0 Å². The molecule has 0 atom stereocenters. The molecule has 102 valence electrons. The highest BCUT2D eigenvalue weighted by Gasteiger charge is 2.10. The van der Waals surface area contributed by atoms with E-state index in [4.69, 9.17) is 10.5 Å². The number of anilines is 2. The van der Waals surface area contributed by atoms with Crippen molar-refractivity contribution in [2.75, 3.05) is 43.3 Å². The van der Waals surface area contributed by atoms with E-state index in [-0.39, 0.29) is 12.4 Å². The minimum Gasteiger partial charge on any atom is -0.384 e. The number of aromatic nitrogens is 2. The van der Waals surface area contributed by atoms with Gasteiger partial charge in [-0.2, -0.15) is 0 Å². The van der Waals surface area contributed by atoms with E-state index in [1.165, 1.54) is 6.26 Å². The molecule has 0 saturated heterocycles. The molecule has 0 aliphatic heterocycles. The van der Waals surface area contributed by atoms with Gasteiger partial charge in [0.1, 0.15) is 28.1 Å². The standard InChI is InChI=1S/C10H18N4O3S/c1-14(4-5-18(3,15)16)10-6-8(11)12-9(13-10)7-17-2/h6H,4-5,7H2,1-3H3,(H2,11,12,13). The van der Waals surface area contributed by atoms with Gasteiger partial charge in [-0.3, -0.25) is 0 Å². The topological polar surface area (TPSA) is 98.4 Å². The molecule has 1 heterocycles. The predicted molar refractivity (Wildman–Crippen MR) is 70.1 cm³/mol. The molecule has 18 heavy (non-hydrogen) atoms. The molecule has 0 bridgehead atoms. The van der Waals surface area contributed by atoms with E-state index in [2.05, 4.69) is 9.97 Å². The summed E-state index contributed by atoms with van der Waals surface area (Å²) in [6, 6.07) is 1.60. The van der Waals surface area contributed by atoms with Crippen LogP contribution in [0.2, 0.25) is 0 Å². The molecule has 7 nitrogen and oxygen atoms in total. The van der Waals surface area contributed by atoms with Crippen molar-refractivity contribution < 1.29 is 13.2 Å². The van der Waals surface area contributed by atoms with Crippen LogP contribution >= 0.6 is 0 Å². The second kappa shape index (κ2) is 5.96. The van der Waals surface area contributed by atoms with Gasteiger partial charge in [-0.25, -0.2) is 18.4 Å². The van der Waals surface area contributed by atoms with Crippen LogP contribution in [-0.4, -0.2) is 51.1 Å². The number of sulfone groups is 1. The van der Waals surface area contributed by atoms with Crippen molar-refractivity contribution in [2.24, 2.45) is 0 Å². The van der Waals surface area contributed by atoms with Crippen molar-refractivity contribution in [3.8, 4) is 0 Å². The van der Waals surface area contributed by atoms with Gasteiger partial charge in [0.25, 0.3) is 0 Å². The number of nitrogens with zero attached hydrogens (tertiary/aromatic N) is 3. The quantitative estimate of drug-likeness (QED) is 0.759. The molecule has 0 fully saturated rings. The Balaban J connectivity index is 2.81. The molecule has 0 unspecified atom stereocenters. The van der Waals surface area contributed by atoms with Crippen LogP contribution in [0, 0.1) is 0 Å². The highest BCUT2D eigenvalue weighted by molar-refractivity contribution is 7.90. The SMILES string of the molecule is COCc1nc(N)cc(N(C)CCS(C)(=O)=O)n1. The van der Waals surface area contributed by atoms with Crippen LogP contribution in [0.25, 0.3) is 0 Å². The average molecular weight is 274 g/mol. The summed E-state index contributed by atoms with van der Waals surface area (Å²) in [6.07, 6.45) is 1.20. The molecular formula is C10H18N4O3S. The van der Waals surface area contributed by atoms with Gasteiger partial charge in [0.05, 0.1) is 5.75 Å². The first-order chi connectivity index (χ1) is 8.31. The van der Waals surface area contributed by atoms with E-state index in [9.17, 15) is 8.42 Å². The Morgan fingerprint density at radius 3 is 2.67 bits per heavy atom. The van der Waals surface area contributed by atoms with E-state index in [1.54, 1.807) is 25.1 Å². The maximum atomic E-state index is 11.1. The third-order valence-electron chi connectivity index (χ3n) is 2.24. The highest BCUT2D eigenvalue weighted by atomic mass is 32.2. The number of rotatable bonds is 6. The van der Waals surface area contributed by atoms with Crippen molar-refractivity contribution in [1.82, 2.24) is 9.97 Å². The lowest BCUT2D eigenvalue weighted by Gasteiger charge is -2.18. The van der Waals surface area contributed by atoms with Gasteiger partial charge in [0, 0.05) is 33.0 Å². The smallest absolute Gasteiger partial charge is 0.158 e. The van der Waals surface area contributed by atoms with Crippen molar-refractivity contribution in [2.45, 2.75) is 6.61 Å². The van der Waals surface area contributed by atoms with Gasteiger partial charge < -0.3 is 15.4 Å². The fraction of sp³-hybridized carbons (Fsp3) is 0.600.